The van der Waals surface area contributed by atoms with Crippen LogP contribution in [0.4, 0.5) is 23.2 Å². The molecule has 0 atom stereocenters. The third-order valence-electron chi connectivity index (χ3n) is 5.03. The number of fused-ring (bicyclic) bond motifs is 1. The molecule has 0 saturated heterocycles. The van der Waals surface area contributed by atoms with E-state index in [1.54, 1.807) is 31.2 Å². The smallest absolute Gasteiger partial charge is 0.416 e. The van der Waals surface area contributed by atoms with Crippen LogP contribution in [0, 0.1) is 12.7 Å². The Morgan fingerprint density at radius 3 is 2.48 bits per heavy atom. The van der Waals surface area contributed by atoms with Crippen LogP contribution in [0.25, 0.3) is 11.1 Å². The third-order valence-corrected chi connectivity index (χ3v) is 6.84. The number of ether oxygens (including phenoxy) is 1. The molecular formula is C22H17F4NO3S. The fraction of sp³-hybridized carbons (Fsp3) is 0.182. The molecule has 0 N–H and O–H groups in total. The highest BCUT2D eigenvalue weighted by molar-refractivity contribution is 7.92. The zero-order chi connectivity index (χ0) is 22.4. The molecule has 162 valence electrons. The average Bonchev–Trinajstić information content (AvgIpc) is 2.74. The van der Waals surface area contributed by atoms with E-state index in [9.17, 15) is 26.0 Å². The van der Waals surface area contributed by atoms with Crippen LogP contribution >= 0.6 is 0 Å². The zero-order valence-corrected chi connectivity index (χ0v) is 17.1. The second kappa shape index (κ2) is 7.56. The Morgan fingerprint density at radius 1 is 1.00 bits per heavy atom. The molecule has 31 heavy (non-hydrogen) atoms. The lowest BCUT2D eigenvalue weighted by atomic mass is 10.0. The number of rotatable bonds is 3. The van der Waals surface area contributed by atoms with Gasteiger partial charge in [-0.05, 0) is 48.4 Å². The van der Waals surface area contributed by atoms with Crippen LogP contribution in [0.15, 0.2) is 65.6 Å². The predicted molar refractivity (Wildman–Crippen MR) is 108 cm³/mol. The summed E-state index contributed by atoms with van der Waals surface area (Å²) >= 11 is 0. The first-order chi connectivity index (χ1) is 14.6. The van der Waals surface area contributed by atoms with Gasteiger partial charge >= 0.3 is 6.18 Å². The van der Waals surface area contributed by atoms with Crippen molar-refractivity contribution in [3.63, 3.8) is 0 Å². The number of halogens is 4. The predicted octanol–water partition coefficient (Wildman–Crippen LogP) is 5.41. The Bertz CT molecular complexity index is 1260. The molecule has 1 aliphatic rings. The summed E-state index contributed by atoms with van der Waals surface area (Å²) in [6.07, 6.45) is -4.68. The Balaban J connectivity index is 1.82. The first-order valence-electron chi connectivity index (χ1n) is 9.31. The minimum Gasteiger partial charge on any atom is -0.489 e. The van der Waals surface area contributed by atoms with E-state index >= 15 is 0 Å². The van der Waals surface area contributed by atoms with Gasteiger partial charge in [0.1, 0.15) is 18.2 Å². The van der Waals surface area contributed by atoms with Crippen molar-refractivity contribution >= 4 is 15.7 Å². The molecule has 0 radical (unpaired) electrons. The number of benzene rings is 3. The molecule has 4 nitrogen and oxygen atoms in total. The molecule has 0 amide bonds. The topological polar surface area (TPSA) is 46.6 Å². The van der Waals surface area contributed by atoms with Crippen LogP contribution in [0.3, 0.4) is 0 Å². The normalized spacial score (nSPS) is 14.2. The quantitative estimate of drug-likeness (QED) is 0.501. The first-order valence-corrected chi connectivity index (χ1v) is 10.8. The van der Waals surface area contributed by atoms with Gasteiger partial charge in [-0.15, -0.1) is 0 Å². The Kier molecular flexibility index (Phi) is 5.17. The van der Waals surface area contributed by atoms with Crippen LogP contribution in [0.5, 0.6) is 5.75 Å². The summed E-state index contributed by atoms with van der Waals surface area (Å²) < 4.78 is 86.8. The summed E-state index contributed by atoms with van der Waals surface area (Å²) in [5, 5.41) is 0. The molecule has 3 aromatic rings. The van der Waals surface area contributed by atoms with Crippen molar-refractivity contribution in [1.29, 1.82) is 0 Å². The van der Waals surface area contributed by atoms with E-state index in [0.29, 0.717) is 17.2 Å². The van der Waals surface area contributed by atoms with E-state index in [1.165, 1.54) is 12.1 Å². The van der Waals surface area contributed by atoms with Crippen molar-refractivity contribution in [3.8, 4) is 16.9 Å². The number of anilines is 1. The van der Waals surface area contributed by atoms with Crippen LogP contribution in [0.2, 0.25) is 0 Å². The van der Waals surface area contributed by atoms with Gasteiger partial charge in [-0.3, -0.25) is 4.31 Å². The van der Waals surface area contributed by atoms with Crippen LogP contribution in [-0.2, 0) is 16.2 Å². The van der Waals surface area contributed by atoms with Gasteiger partial charge in [0.15, 0.2) is 0 Å². The van der Waals surface area contributed by atoms with Crippen LogP contribution in [-0.4, -0.2) is 21.6 Å². The molecule has 9 heteroatoms. The average molecular weight is 451 g/mol. The number of hydrogen-bond donors (Lipinski definition) is 0. The molecule has 4 rings (SSSR count). The molecule has 0 unspecified atom stereocenters. The van der Waals surface area contributed by atoms with E-state index in [1.807, 2.05) is 0 Å². The molecule has 1 aliphatic heterocycles. The second-order valence-corrected chi connectivity index (χ2v) is 8.93. The highest BCUT2D eigenvalue weighted by Crippen LogP contribution is 2.40. The van der Waals surface area contributed by atoms with Gasteiger partial charge in [-0.1, -0.05) is 30.3 Å². The molecule has 0 saturated carbocycles. The van der Waals surface area contributed by atoms with Gasteiger partial charge < -0.3 is 4.74 Å². The number of aryl methyl sites for hydroxylation is 1. The van der Waals surface area contributed by atoms with Gasteiger partial charge in [0.2, 0.25) is 0 Å². The molecule has 0 aromatic heterocycles. The Hall–Kier alpha value is -3.07. The third kappa shape index (κ3) is 3.85. The Morgan fingerprint density at radius 2 is 1.74 bits per heavy atom. The van der Waals surface area contributed by atoms with Crippen LogP contribution < -0.4 is 9.04 Å². The fourth-order valence-electron chi connectivity index (χ4n) is 3.44. The summed E-state index contributed by atoms with van der Waals surface area (Å²) in [6.45, 7) is 1.55. The minimum atomic E-state index is -4.68. The van der Waals surface area contributed by atoms with Crippen molar-refractivity contribution in [3.05, 3.63) is 77.6 Å². The Labute approximate surface area is 176 Å². The van der Waals surface area contributed by atoms with Gasteiger partial charge in [-0.25, -0.2) is 12.8 Å². The summed E-state index contributed by atoms with van der Waals surface area (Å²) in [7, 11) is -4.32. The molecule has 0 fully saturated rings. The lowest BCUT2D eigenvalue weighted by Crippen LogP contribution is -2.38. The summed E-state index contributed by atoms with van der Waals surface area (Å²) in [5.41, 5.74) is 0.221. The van der Waals surface area contributed by atoms with Crippen molar-refractivity contribution in [2.45, 2.75) is 18.0 Å². The summed E-state index contributed by atoms with van der Waals surface area (Å²) in [4.78, 5) is -0.484. The van der Waals surface area contributed by atoms with E-state index in [4.69, 9.17) is 4.74 Å². The monoisotopic (exact) mass is 451 g/mol. The van der Waals surface area contributed by atoms with Gasteiger partial charge in [-0.2, -0.15) is 13.2 Å². The van der Waals surface area contributed by atoms with E-state index in [0.717, 1.165) is 22.5 Å². The molecule has 3 aromatic carbocycles. The van der Waals surface area contributed by atoms with Gasteiger partial charge in [0.05, 0.1) is 22.7 Å². The fourth-order valence-corrected chi connectivity index (χ4v) is 4.94. The lowest BCUT2D eigenvalue weighted by Gasteiger charge is -2.31. The highest BCUT2D eigenvalue weighted by Gasteiger charge is 2.35. The summed E-state index contributed by atoms with van der Waals surface area (Å²) in [5.74, 6) is -0.190. The maximum absolute atomic E-state index is 14.6. The lowest BCUT2D eigenvalue weighted by molar-refractivity contribution is -0.137. The van der Waals surface area contributed by atoms with Crippen molar-refractivity contribution in [1.82, 2.24) is 0 Å². The zero-order valence-electron chi connectivity index (χ0n) is 16.3. The molecule has 0 spiro atoms. The number of sulfonamides is 1. The first kappa shape index (κ1) is 21.2. The van der Waals surface area contributed by atoms with Crippen molar-refractivity contribution in [2.75, 3.05) is 17.5 Å². The molecule has 0 aliphatic carbocycles. The van der Waals surface area contributed by atoms with Gasteiger partial charge in [0, 0.05) is 5.56 Å². The highest BCUT2D eigenvalue weighted by atomic mass is 32.2. The largest absolute Gasteiger partial charge is 0.489 e. The molecule has 0 bridgehead atoms. The van der Waals surface area contributed by atoms with E-state index in [2.05, 4.69) is 0 Å². The minimum absolute atomic E-state index is 0.0311. The molecular weight excluding hydrogens is 434 g/mol. The van der Waals surface area contributed by atoms with E-state index < -0.39 is 32.5 Å². The van der Waals surface area contributed by atoms with E-state index in [-0.39, 0.29) is 30.2 Å². The van der Waals surface area contributed by atoms with Crippen LogP contribution in [0.1, 0.15) is 11.1 Å². The SMILES string of the molecule is Cc1cccc(-c2ccc3c(c2)N(S(=O)(=O)c2cccc(C(F)(F)F)c2)CCO3)c1F. The number of nitrogens with zero attached hydrogens (tertiary/aromatic N) is 1. The molecule has 1 heterocycles. The van der Waals surface area contributed by atoms with Crippen molar-refractivity contribution < 1.29 is 30.7 Å². The standard InChI is InChI=1S/C22H17F4NO3S/c1-14-4-2-7-18(21(14)23)15-8-9-20-19(12-15)27(10-11-30-20)31(28,29)17-6-3-5-16(13-17)22(24,25)26/h2-9,12-13H,10-11H2,1H3. The van der Waals surface area contributed by atoms with Gasteiger partial charge in [0.25, 0.3) is 10.0 Å². The number of alkyl halides is 3. The number of hydrogen-bond acceptors (Lipinski definition) is 3. The van der Waals surface area contributed by atoms with Crippen molar-refractivity contribution in [2.24, 2.45) is 0 Å². The maximum Gasteiger partial charge on any atom is 0.416 e. The second-order valence-electron chi connectivity index (χ2n) is 7.07. The summed E-state index contributed by atoms with van der Waals surface area (Å²) in [6, 6.07) is 13.1. The maximum atomic E-state index is 14.6.